The van der Waals surface area contributed by atoms with Gasteiger partial charge in [-0.15, -0.1) is 0 Å². The first-order valence-electron chi connectivity index (χ1n) is 12.1. The van der Waals surface area contributed by atoms with Gasteiger partial charge in [-0.1, -0.05) is 24.3 Å². The van der Waals surface area contributed by atoms with Crippen molar-refractivity contribution in [1.82, 2.24) is 0 Å². The third-order valence-electron chi connectivity index (χ3n) is 5.99. The van der Waals surface area contributed by atoms with E-state index >= 15 is 0 Å². The second-order valence-corrected chi connectivity index (χ2v) is 11.9. The first-order valence-corrected chi connectivity index (χ1v) is 15.0. The van der Waals surface area contributed by atoms with Gasteiger partial charge in [0.1, 0.15) is 32.8 Å². The van der Waals surface area contributed by atoms with E-state index in [1.54, 1.807) is 0 Å². The molecule has 2 amide bonds. The molecule has 0 aliphatic carbocycles. The van der Waals surface area contributed by atoms with Crippen molar-refractivity contribution < 1.29 is 56.0 Å². The molecule has 0 aliphatic heterocycles. The van der Waals surface area contributed by atoms with Gasteiger partial charge in [0.25, 0.3) is 32.1 Å². The summed E-state index contributed by atoms with van der Waals surface area (Å²) in [5.41, 5.74) is -0.995. The van der Waals surface area contributed by atoms with Crippen LogP contribution in [0.4, 0.5) is 11.4 Å². The molecule has 0 saturated heterocycles. The van der Waals surface area contributed by atoms with Crippen LogP contribution in [0.2, 0.25) is 0 Å². The van der Waals surface area contributed by atoms with Gasteiger partial charge in [-0.2, -0.15) is 16.8 Å². The molecule has 0 spiro atoms. The SMILES string of the molecule is O=C(Nc1ccc(/C=C/c2ccc(NC(=O)c3ccc(O)cc3O)cc2S(=O)(=O)O)c(S(=O)(=O)O)c1)c1ccc(O)cc1O.[Na]. The summed E-state index contributed by atoms with van der Waals surface area (Å²) in [6.45, 7) is 0. The van der Waals surface area contributed by atoms with Gasteiger partial charge in [0.2, 0.25) is 0 Å². The number of carbonyl (C=O) groups is 2. The quantitative estimate of drug-likeness (QED) is 0.0767. The minimum Gasteiger partial charge on any atom is -0.508 e. The zero-order valence-corrected chi connectivity index (χ0v) is 26.7. The monoisotopic (exact) mass is 665 g/mol. The van der Waals surface area contributed by atoms with Gasteiger partial charge < -0.3 is 31.1 Å². The van der Waals surface area contributed by atoms with Crippen molar-refractivity contribution in [2.45, 2.75) is 9.79 Å². The zero-order valence-electron chi connectivity index (χ0n) is 23.0. The average Bonchev–Trinajstić information content (AvgIpc) is 2.91. The number of hydrogen-bond donors (Lipinski definition) is 8. The molecule has 14 nitrogen and oxygen atoms in total. The Labute approximate surface area is 278 Å². The number of hydrogen-bond acceptors (Lipinski definition) is 10. The molecule has 0 fully saturated rings. The van der Waals surface area contributed by atoms with Crippen LogP contribution < -0.4 is 10.6 Å². The van der Waals surface area contributed by atoms with Gasteiger partial charge in [-0.25, -0.2) is 0 Å². The van der Waals surface area contributed by atoms with Crippen LogP contribution in [-0.2, 0) is 20.2 Å². The van der Waals surface area contributed by atoms with Crippen molar-refractivity contribution >= 4 is 85.1 Å². The number of aromatic hydroxyl groups is 4. The summed E-state index contributed by atoms with van der Waals surface area (Å²) in [6, 6.07) is 13.1. The Morgan fingerprint density at radius 1 is 0.556 bits per heavy atom. The molecule has 0 unspecified atom stereocenters. The van der Waals surface area contributed by atoms with Gasteiger partial charge in [0, 0.05) is 53.1 Å². The molecule has 0 aromatic heterocycles. The molecule has 17 heteroatoms. The van der Waals surface area contributed by atoms with Crippen LogP contribution in [0.25, 0.3) is 12.2 Å². The number of rotatable bonds is 8. The van der Waals surface area contributed by atoms with Crippen molar-refractivity contribution in [3.8, 4) is 23.0 Å². The average molecular weight is 666 g/mol. The minimum absolute atomic E-state index is 0. The summed E-state index contributed by atoms with van der Waals surface area (Å²) < 4.78 is 68.1. The van der Waals surface area contributed by atoms with Crippen LogP contribution in [-0.4, -0.2) is 87.7 Å². The smallest absolute Gasteiger partial charge is 0.295 e. The standard InChI is InChI=1S/C28H22N2O12S2.Na/c31-19-7-9-21(23(33)13-19)27(35)29-17-5-3-15(25(11-17)43(37,38)39)1-2-16-4-6-18(12-26(16)44(40,41)42)30-28(36)22-10-8-20(32)14-24(22)34;/h1-14,31-34H,(H,29,35)(H,30,36)(H,37,38,39)(H,40,41,42);/b2-1+;. The van der Waals surface area contributed by atoms with E-state index in [9.17, 15) is 56.0 Å². The van der Waals surface area contributed by atoms with Crippen LogP contribution in [0.1, 0.15) is 31.8 Å². The maximum absolute atomic E-state index is 12.5. The van der Waals surface area contributed by atoms with Crippen LogP contribution in [0, 0.1) is 0 Å². The maximum atomic E-state index is 12.5. The predicted octanol–water partition coefficient (Wildman–Crippen LogP) is 3.30. The van der Waals surface area contributed by atoms with E-state index in [2.05, 4.69) is 10.6 Å². The van der Waals surface area contributed by atoms with E-state index in [1.807, 2.05) is 0 Å². The Bertz CT molecular complexity index is 1920. The molecule has 4 aromatic rings. The Hall–Kier alpha value is -4.42. The fraction of sp³-hybridized carbons (Fsp3) is 0. The maximum Gasteiger partial charge on any atom is 0.295 e. The predicted molar refractivity (Wildman–Crippen MR) is 163 cm³/mol. The van der Waals surface area contributed by atoms with Gasteiger partial charge in [-0.05, 0) is 59.7 Å². The van der Waals surface area contributed by atoms with Gasteiger partial charge in [0.15, 0.2) is 0 Å². The third-order valence-corrected chi connectivity index (χ3v) is 7.81. The number of benzene rings is 4. The van der Waals surface area contributed by atoms with E-state index in [0.717, 1.165) is 60.7 Å². The summed E-state index contributed by atoms with van der Waals surface area (Å²) in [6.07, 6.45) is 2.22. The molecule has 0 bridgehead atoms. The third kappa shape index (κ3) is 8.61. The fourth-order valence-electron chi connectivity index (χ4n) is 3.95. The van der Waals surface area contributed by atoms with Crippen LogP contribution >= 0.6 is 0 Å². The normalized spacial score (nSPS) is 11.5. The van der Waals surface area contributed by atoms with Crippen molar-refractivity contribution in [2.24, 2.45) is 0 Å². The fourth-order valence-corrected chi connectivity index (χ4v) is 5.37. The minimum atomic E-state index is -4.90. The van der Waals surface area contributed by atoms with E-state index in [0.29, 0.717) is 0 Å². The Morgan fingerprint density at radius 3 is 1.22 bits per heavy atom. The number of amides is 2. The largest absolute Gasteiger partial charge is 0.508 e. The van der Waals surface area contributed by atoms with Gasteiger partial charge in [0.05, 0.1) is 11.1 Å². The first kappa shape index (κ1) is 35.1. The molecule has 4 aromatic carbocycles. The molecule has 8 N–H and O–H groups in total. The Kier molecular flexibility index (Phi) is 10.7. The summed E-state index contributed by atoms with van der Waals surface area (Å²) in [4.78, 5) is 23.7. The Balaban J connectivity index is 0.00000552. The van der Waals surface area contributed by atoms with Gasteiger partial charge >= 0.3 is 0 Å². The molecular weight excluding hydrogens is 643 g/mol. The number of phenolic OH excluding ortho intramolecular Hbond substituents is 4. The first-order chi connectivity index (χ1) is 20.5. The molecule has 0 aliphatic rings. The number of carbonyl (C=O) groups excluding carboxylic acids is 2. The second kappa shape index (κ2) is 13.7. The summed E-state index contributed by atoms with van der Waals surface area (Å²) in [7, 11) is -9.80. The molecule has 4 rings (SSSR count). The molecule has 229 valence electrons. The number of nitrogens with one attached hydrogen (secondary N) is 2. The van der Waals surface area contributed by atoms with Crippen molar-refractivity contribution in [3.05, 3.63) is 95.1 Å². The Morgan fingerprint density at radius 2 is 0.911 bits per heavy atom. The second-order valence-electron chi connectivity index (χ2n) is 9.10. The summed E-state index contributed by atoms with van der Waals surface area (Å²) in [5, 5.41) is 43.3. The van der Waals surface area contributed by atoms with Crippen molar-refractivity contribution in [3.63, 3.8) is 0 Å². The topological polar surface area (TPSA) is 248 Å². The van der Waals surface area contributed by atoms with E-state index in [4.69, 9.17) is 0 Å². The number of anilines is 2. The van der Waals surface area contributed by atoms with Crippen LogP contribution in [0.15, 0.2) is 82.6 Å². The van der Waals surface area contributed by atoms with Crippen molar-refractivity contribution in [2.75, 3.05) is 10.6 Å². The summed E-state index contributed by atoms with van der Waals surface area (Å²) in [5.74, 6) is -3.41. The van der Waals surface area contributed by atoms with E-state index in [-0.39, 0.29) is 74.7 Å². The van der Waals surface area contributed by atoms with Crippen LogP contribution in [0.5, 0.6) is 23.0 Å². The van der Waals surface area contributed by atoms with E-state index in [1.165, 1.54) is 24.3 Å². The van der Waals surface area contributed by atoms with Crippen molar-refractivity contribution in [1.29, 1.82) is 0 Å². The molecule has 1 radical (unpaired) electrons. The summed E-state index contributed by atoms with van der Waals surface area (Å²) >= 11 is 0. The van der Waals surface area contributed by atoms with E-state index < -0.39 is 53.3 Å². The molecule has 45 heavy (non-hydrogen) atoms. The molecule has 0 saturated carbocycles. The number of phenols is 4. The zero-order chi connectivity index (χ0) is 32.4. The molecule has 0 atom stereocenters. The molecular formula is C28H22N2NaO12S2. The molecule has 0 heterocycles. The van der Waals surface area contributed by atoms with Crippen LogP contribution in [0.3, 0.4) is 0 Å². The van der Waals surface area contributed by atoms with Gasteiger partial charge in [-0.3, -0.25) is 18.7 Å².